The van der Waals surface area contributed by atoms with Crippen LogP contribution in [-0.4, -0.2) is 41.2 Å². The van der Waals surface area contributed by atoms with Gasteiger partial charge in [-0.15, -0.1) is 0 Å². The number of piperidine rings is 1. The highest BCUT2D eigenvalue weighted by molar-refractivity contribution is 5.88. The first-order valence-corrected chi connectivity index (χ1v) is 9.96. The van der Waals surface area contributed by atoms with Crippen LogP contribution in [0.2, 0.25) is 0 Å². The maximum Gasteiger partial charge on any atom is 0.339 e. The number of aliphatic hydroxyl groups is 1. The normalized spacial score (nSPS) is 19.1. The van der Waals surface area contributed by atoms with Crippen molar-refractivity contribution in [2.24, 2.45) is 5.92 Å². The summed E-state index contributed by atoms with van der Waals surface area (Å²) in [6, 6.07) is 3.68. The average Bonchev–Trinajstić information content (AvgIpc) is 3.42. The highest BCUT2D eigenvalue weighted by Gasteiger charge is 2.48. The van der Waals surface area contributed by atoms with E-state index in [0.29, 0.717) is 35.9 Å². The third kappa shape index (κ3) is 3.41. The van der Waals surface area contributed by atoms with Gasteiger partial charge < -0.3 is 19.2 Å². The van der Waals surface area contributed by atoms with Gasteiger partial charge in [-0.25, -0.2) is 4.79 Å². The van der Waals surface area contributed by atoms with Gasteiger partial charge in [0, 0.05) is 18.7 Å². The molecular weight excluding hydrogens is 358 g/mol. The van der Waals surface area contributed by atoms with Gasteiger partial charge in [0.05, 0.1) is 11.0 Å². The molecule has 1 amide bonds. The number of fused-ring (bicyclic) bond motifs is 1. The van der Waals surface area contributed by atoms with Gasteiger partial charge in [0.1, 0.15) is 11.3 Å². The molecule has 1 aliphatic carbocycles. The van der Waals surface area contributed by atoms with Crippen LogP contribution in [-0.2, 0) is 4.79 Å². The van der Waals surface area contributed by atoms with Crippen molar-refractivity contribution in [2.45, 2.75) is 52.1 Å². The SMILES string of the molecule is Cc1cc(OCC(=O)N2CCC(C3(O)CC3)CC2)c2c(C)c(C)c(=O)oc2c1. The third-order valence-electron chi connectivity index (χ3n) is 6.38. The van der Waals surface area contributed by atoms with Crippen molar-refractivity contribution in [2.75, 3.05) is 19.7 Å². The number of likely N-dealkylation sites (tertiary alicyclic amines) is 1. The zero-order chi connectivity index (χ0) is 20.1. The second-order valence-electron chi connectivity index (χ2n) is 8.32. The van der Waals surface area contributed by atoms with E-state index >= 15 is 0 Å². The lowest BCUT2D eigenvalue weighted by atomic mass is 9.89. The Morgan fingerprint density at radius 1 is 1.21 bits per heavy atom. The second kappa shape index (κ2) is 6.92. The number of ether oxygens (including phenoxy) is 1. The molecule has 150 valence electrons. The maximum atomic E-state index is 12.6. The molecule has 0 spiro atoms. The van der Waals surface area contributed by atoms with Crippen LogP contribution in [0.15, 0.2) is 21.3 Å². The first-order chi connectivity index (χ1) is 13.3. The third-order valence-corrected chi connectivity index (χ3v) is 6.38. The van der Waals surface area contributed by atoms with Crippen LogP contribution in [0.1, 0.15) is 42.4 Å². The number of aryl methyl sites for hydroxylation is 2. The van der Waals surface area contributed by atoms with Crippen molar-refractivity contribution in [3.63, 3.8) is 0 Å². The van der Waals surface area contributed by atoms with E-state index in [4.69, 9.17) is 9.15 Å². The number of carbonyl (C=O) groups is 1. The predicted molar refractivity (Wildman–Crippen MR) is 106 cm³/mol. The van der Waals surface area contributed by atoms with Crippen LogP contribution in [0.4, 0.5) is 0 Å². The fourth-order valence-electron chi connectivity index (χ4n) is 4.24. The number of nitrogens with zero attached hydrogens (tertiary/aromatic N) is 1. The summed E-state index contributed by atoms with van der Waals surface area (Å²) in [7, 11) is 0. The number of amides is 1. The maximum absolute atomic E-state index is 12.6. The predicted octanol–water partition coefficient (Wildman–Crippen LogP) is 2.86. The molecule has 2 fully saturated rings. The van der Waals surface area contributed by atoms with Gasteiger partial charge in [0.2, 0.25) is 0 Å². The molecule has 1 saturated carbocycles. The number of benzene rings is 1. The molecule has 28 heavy (non-hydrogen) atoms. The van der Waals surface area contributed by atoms with E-state index in [1.54, 1.807) is 6.92 Å². The second-order valence-corrected chi connectivity index (χ2v) is 8.32. The Morgan fingerprint density at radius 3 is 2.54 bits per heavy atom. The minimum absolute atomic E-state index is 0.0505. The molecule has 1 aromatic carbocycles. The van der Waals surface area contributed by atoms with Crippen LogP contribution < -0.4 is 10.4 Å². The molecule has 2 heterocycles. The Kier molecular flexibility index (Phi) is 4.70. The summed E-state index contributed by atoms with van der Waals surface area (Å²) in [5.74, 6) is 0.823. The first-order valence-electron chi connectivity index (χ1n) is 9.96. The molecule has 1 aliphatic heterocycles. The van der Waals surface area contributed by atoms with Gasteiger partial charge >= 0.3 is 5.63 Å². The summed E-state index contributed by atoms with van der Waals surface area (Å²) in [6.45, 7) is 6.77. The molecule has 1 N–H and O–H groups in total. The molecule has 4 rings (SSSR count). The lowest BCUT2D eigenvalue weighted by molar-refractivity contribution is -0.135. The van der Waals surface area contributed by atoms with Crippen LogP contribution in [0.5, 0.6) is 5.75 Å². The monoisotopic (exact) mass is 385 g/mol. The fourth-order valence-corrected chi connectivity index (χ4v) is 4.24. The summed E-state index contributed by atoms with van der Waals surface area (Å²) in [6.07, 6.45) is 3.48. The van der Waals surface area contributed by atoms with Crippen LogP contribution >= 0.6 is 0 Å². The van der Waals surface area contributed by atoms with Crippen molar-refractivity contribution in [1.82, 2.24) is 4.90 Å². The summed E-state index contributed by atoms with van der Waals surface area (Å²) >= 11 is 0. The van der Waals surface area contributed by atoms with E-state index in [9.17, 15) is 14.7 Å². The minimum atomic E-state index is -0.467. The lowest BCUT2D eigenvalue weighted by Gasteiger charge is -2.34. The van der Waals surface area contributed by atoms with Crippen molar-refractivity contribution >= 4 is 16.9 Å². The molecule has 0 atom stereocenters. The summed E-state index contributed by atoms with van der Waals surface area (Å²) < 4.78 is 11.3. The Morgan fingerprint density at radius 2 is 1.89 bits per heavy atom. The van der Waals surface area contributed by atoms with Crippen molar-refractivity contribution in [3.05, 3.63) is 39.2 Å². The summed E-state index contributed by atoms with van der Waals surface area (Å²) in [5.41, 5.74) is 1.93. The van der Waals surface area contributed by atoms with E-state index < -0.39 is 5.60 Å². The van der Waals surface area contributed by atoms with Gasteiger partial charge in [-0.3, -0.25) is 4.79 Å². The van der Waals surface area contributed by atoms with Gasteiger partial charge in [-0.2, -0.15) is 0 Å². The Hall–Kier alpha value is -2.34. The van der Waals surface area contributed by atoms with Crippen LogP contribution in [0, 0.1) is 26.7 Å². The van der Waals surface area contributed by atoms with Crippen molar-refractivity contribution < 1.29 is 19.1 Å². The molecule has 1 aromatic heterocycles. The van der Waals surface area contributed by atoms with E-state index in [2.05, 4.69) is 0 Å². The standard InChI is InChI=1S/C22H27NO5/c1-13-10-17(20-14(2)15(3)21(25)28-18(20)11-13)27-12-19(24)23-8-4-16(5-9-23)22(26)6-7-22/h10-11,16,26H,4-9,12H2,1-3H3. The average molecular weight is 385 g/mol. The van der Waals surface area contributed by atoms with Crippen LogP contribution in [0.25, 0.3) is 11.0 Å². The molecular formula is C22H27NO5. The fraction of sp³-hybridized carbons (Fsp3) is 0.545. The molecule has 1 saturated heterocycles. The molecule has 0 radical (unpaired) electrons. The smallest absolute Gasteiger partial charge is 0.339 e. The zero-order valence-corrected chi connectivity index (χ0v) is 16.7. The van der Waals surface area contributed by atoms with Gasteiger partial charge in [-0.05, 0) is 75.6 Å². The quantitative estimate of drug-likeness (QED) is 0.819. The van der Waals surface area contributed by atoms with E-state index in [0.717, 1.165) is 42.2 Å². The number of rotatable bonds is 4. The number of hydrogen-bond acceptors (Lipinski definition) is 5. The summed E-state index contributed by atoms with van der Waals surface area (Å²) in [5, 5.41) is 11.0. The van der Waals surface area contributed by atoms with Gasteiger partial charge in [-0.1, -0.05) is 0 Å². The Balaban J connectivity index is 1.47. The Bertz CT molecular complexity index is 981. The molecule has 0 bridgehead atoms. The molecule has 6 nitrogen and oxygen atoms in total. The van der Waals surface area contributed by atoms with Gasteiger partial charge in [0.25, 0.3) is 5.91 Å². The highest BCUT2D eigenvalue weighted by Crippen LogP contribution is 2.46. The number of carbonyl (C=O) groups excluding carboxylic acids is 1. The first kappa shape index (κ1) is 19.0. The zero-order valence-electron chi connectivity index (χ0n) is 16.7. The molecule has 2 aromatic rings. The van der Waals surface area contributed by atoms with Crippen molar-refractivity contribution in [3.8, 4) is 5.75 Å². The van der Waals surface area contributed by atoms with E-state index in [-0.39, 0.29) is 18.1 Å². The van der Waals surface area contributed by atoms with E-state index in [1.165, 1.54) is 0 Å². The minimum Gasteiger partial charge on any atom is -0.483 e. The topological polar surface area (TPSA) is 80.0 Å². The Labute approximate surface area is 164 Å². The largest absolute Gasteiger partial charge is 0.483 e. The van der Waals surface area contributed by atoms with E-state index in [1.807, 2.05) is 30.9 Å². The highest BCUT2D eigenvalue weighted by atomic mass is 16.5. The van der Waals surface area contributed by atoms with Crippen molar-refractivity contribution in [1.29, 1.82) is 0 Å². The lowest BCUT2D eigenvalue weighted by Crippen LogP contribution is -2.43. The van der Waals surface area contributed by atoms with Crippen LogP contribution in [0.3, 0.4) is 0 Å². The molecule has 2 aliphatic rings. The van der Waals surface area contributed by atoms with Gasteiger partial charge in [0.15, 0.2) is 6.61 Å². The molecule has 6 heteroatoms. The molecule has 0 unspecified atom stereocenters. The summed E-state index contributed by atoms with van der Waals surface area (Å²) in [4.78, 5) is 26.4. The number of hydrogen-bond donors (Lipinski definition) is 1.